The lowest BCUT2D eigenvalue weighted by molar-refractivity contribution is 0.459. The van der Waals surface area contributed by atoms with Crippen molar-refractivity contribution in [2.75, 3.05) is 0 Å². The Balaban J connectivity index is 0.000000118. The Morgan fingerprint density at radius 3 is 0.889 bits per heavy atom. The molecule has 0 aliphatic heterocycles. The quantitative estimate of drug-likeness (QED) is 0.115. The number of fused-ring (bicyclic) bond motifs is 16. The molecule has 0 bridgehead atoms. The summed E-state index contributed by atoms with van der Waals surface area (Å²) < 4.78 is 31.5. The van der Waals surface area contributed by atoms with Crippen molar-refractivity contribution < 1.29 is 27.3 Å². The number of rotatable bonds is 9. The Hall–Kier alpha value is -13.5. The fourth-order valence-corrected chi connectivity index (χ4v) is 16.7. The molecule has 0 fully saturated rings. The van der Waals surface area contributed by atoms with Gasteiger partial charge in [0, 0.05) is 69.5 Å². The number of benzene rings is 18. The summed E-state index contributed by atoms with van der Waals surface area (Å²) in [6, 6.07) is 127. The molecule has 18 aromatic carbocycles. The molecular formula is C100H61BBrO6. The van der Waals surface area contributed by atoms with Gasteiger partial charge < -0.3 is 27.3 Å². The van der Waals surface area contributed by atoms with Crippen molar-refractivity contribution in [3.63, 3.8) is 0 Å². The van der Waals surface area contributed by atoms with E-state index in [0.29, 0.717) is 5.75 Å². The maximum absolute atomic E-state index is 9.47. The lowest BCUT2D eigenvalue weighted by atomic mass is 9.85. The SMILES string of the molecule is Brc1cccc(-c2ccc3oc4ccccc4c3c2)c1.O[B]Oc1c2ccccc2c(-c2cccc(-c3cccc4c3oc3ccccc34)c2)c2ccccc12.c1cc(-c2ccc3oc4ccccc4c3c2)cc(-c2c3ccccc3c(-c3cccc(-c4cccc5c4oc4ccccc45)c3)c3ccccc23)c1. The molecule has 0 spiro atoms. The number of halogens is 1. The van der Waals surface area contributed by atoms with Gasteiger partial charge >= 0.3 is 7.69 Å². The molecule has 108 heavy (non-hydrogen) atoms. The molecule has 0 saturated heterocycles. The molecule has 8 heteroatoms. The number of hydrogen-bond donors (Lipinski definition) is 1. The van der Waals surface area contributed by atoms with Gasteiger partial charge in [-0.05, 0) is 178 Å². The van der Waals surface area contributed by atoms with Gasteiger partial charge in [-0.25, -0.2) is 0 Å². The molecule has 1 N–H and O–H groups in total. The molecule has 0 atom stereocenters. The molecule has 22 rings (SSSR count). The summed E-state index contributed by atoms with van der Waals surface area (Å²) in [5.41, 5.74) is 23.5. The fraction of sp³-hybridized carbons (Fsp3) is 0. The first-order chi connectivity index (χ1) is 53.4. The lowest BCUT2D eigenvalue weighted by Crippen LogP contribution is -2.02. The molecule has 0 saturated carbocycles. The van der Waals surface area contributed by atoms with Crippen molar-refractivity contribution in [2.24, 2.45) is 0 Å². The molecule has 4 heterocycles. The third-order valence-electron chi connectivity index (χ3n) is 21.1. The highest BCUT2D eigenvalue weighted by Crippen LogP contribution is 2.49. The minimum atomic E-state index is 0.649. The fourth-order valence-electron chi connectivity index (χ4n) is 16.3. The predicted molar refractivity (Wildman–Crippen MR) is 453 cm³/mol. The normalized spacial score (nSPS) is 11.6. The summed E-state index contributed by atoms with van der Waals surface area (Å²) >= 11 is 3.52. The first-order valence-corrected chi connectivity index (χ1v) is 36.9. The zero-order chi connectivity index (χ0) is 71.8. The highest BCUT2D eigenvalue weighted by atomic mass is 79.9. The Kier molecular flexibility index (Phi) is 16.0. The second kappa shape index (κ2) is 26.9. The zero-order valence-corrected chi connectivity index (χ0v) is 59.7. The summed E-state index contributed by atoms with van der Waals surface area (Å²) in [4.78, 5) is 0. The van der Waals surface area contributed by atoms with Crippen LogP contribution in [0.15, 0.2) is 386 Å². The van der Waals surface area contributed by atoms with Crippen LogP contribution in [0, 0.1) is 0 Å². The summed E-state index contributed by atoms with van der Waals surface area (Å²) in [5, 5.41) is 27.5. The van der Waals surface area contributed by atoms with Gasteiger partial charge in [0.1, 0.15) is 50.4 Å². The van der Waals surface area contributed by atoms with Crippen molar-refractivity contribution in [1.82, 2.24) is 0 Å². The molecule has 6 nitrogen and oxygen atoms in total. The average Bonchev–Trinajstić information content (AvgIpc) is 1.04. The van der Waals surface area contributed by atoms with Crippen LogP contribution >= 0.6 is 15.9 Å². The second-order valence-electron chi connectivity index (χ2n) is 27.3. The van der Waals surface area contributed by atoms with Gasteiger partial charge in [0.15, 0.2) is 0 Å². The van der Waals surface area contributed by atoms with Crippen LogP contribution in [-0.4, -0.2) is 12.7 Å². The van der Waals surface area contributed by atoms with Crippen molar-refractivity contribution >= 4 is 154 Å². The highest BCUT2D eigenvalue weighted by Gasteiger charge is 2.22. The average molecular weight is 1450 g/mol. The van der Waals surface area contributed by atoms with E-state index in [0.717, 1.165) is 149 Å². The van der Waals surface area contributed by atoms with E-state index in [4.69, 9.17) is 22.3 Å². The smallest absolute Gasteiger partial charge is 0.537 e. The third-order valence-corrected chi connectivity index (χ3v) is 21.6. The van der Waals surface area contributed by atoms with Gasteiger partial charge in [-0.3, -0.25) is 0 Å². The number of furan rings is 4. The molecule has 0 unspecified atom stereocenters. The summed E-state index contributed by atoms with van der Waals surface area (Å²) in [7, 11) is 0.752. The van der Waals surface area contributed by atoms with Crippen molar-refractivity contribution in [2.45, 2.75) is 0 Å². The maximum atomic E-state index is 9.47. The molecule has 4 aromatic heterocycles. The second-order valence-corrected chi connectivity index (χ2v) is 28.2. The van der Waals surface area contributed by atoms with Crippen LogP contribution in [0.25, 0.3) is 209 Å². The summed E-state index contributed by atoms with van der Waals surface area (Å²) in [6.45, 7) is 0. The van der Waals surface area contributed by atoms with Crippen LogP contribution in [0.1, 0.15) is 0 Å². The third kappa shape index (κ3) is 11.2. The maximum Gasteiger partial charge on any atom is 0.569 e. The van der Waals surface area contributed by atoms with E-state index in [1.165, 1.54) is 71.4 Å². The van der Waals surface area contributed by atoms with Crippen LogP contribution in [0.4, 0.5) is 0 Å². The molecule has 507 valence electrons. The summed E-state index contributed by atoms with van der Waals surface area (Å²) in [5.74, 6) is 0.649. The van der Waals surface area contributed by atoms with Gasteiger partial charge in [-0.1, -0.05) is 301 Å². The van der Waals surface area contributed by atoms with E-state index in [1.54, 1.807) is 0 Å². The molecule has 22 aromatic rings. The highest BCUT2D eigenvalue weighted by molar-refractivity contribution is 9.10. The van der Waals surface area contributed by atoms with Crippen LogP contribution in [0.2, 0.25) is 0 Å². The van der Waals surface area contributed by atoms with E-state index in [1.807, 2.05) is 109 Å². The first kappa shape index (κ1) is 64.1. The van der Waals surface area contributed by atoms with E-state index in [2.05, 4.69) is 271 Å². The van der Waals surface area contributed by atoms with Gasteiger partial charge in [-0.15, -0.1) is 0 Å². The van der Waals surface area contributed by atoms with Crippen LogP contribution < -0.4 is 4.65 Å². The van der Waals surface area contributed by atoms with Gasteiger partial charge in [-0.2, -0.15) is 0 Å². The Labute approximate surface area is 629 Å². The van der Waals surface area contributed by atoms with Crippen LogP contribution in [-0.2, 0) is 0 Å². The van der Waals surface area contributed by atoms with E-state index >= 15 is 0 Å². The van der Waals surface area contributed by atoms with E-state index in [-0.39, 0.29) is 0 Å². The largest absolute Gasteiger partial charge is 0.569 e. The van der Waals surface area contributed by atoms with Crippen molar-refractivity contribution in [3.05, 3.63) is 368 Å². The molecule has 0 aliphatic rings. The monoisotopic (exact) mass is 1450 g/mol. The van der Waals surface area contributed by atoms with Crippen molar-refractivity contribution in [3.8, 4) is 83.6 Å². The molecule has 0 aliphatic carbocycles. The minimum Gasteiger partial charge on any atom is -0.537 e. The first-order valence-electron chi connectivity index (χ1n) is 36.1. The molecule has 0 amide bonds. The Bertz CT molecular complexity index is 7200. The van der Waals surface area contributed by atoms with E-state index < -0.39 is 0 Å². The molecule has 1 radical (unpaired) electrons. The van der Waals surface area contributed by atoms with Gasteiger partial charge in [0.2, 0.25) is 0 Å². The predicted octanol–water partition coefficient (Wildman–Crippen LogP) is 28.6. The molecular weight excluding hydrogens is 1390 g/mol. The number of para-hydroxylation sites is 6. The lowest BCUT2D eigenvalue weighted by Gasteiger charge is -2.18. The van der Waals surface area contributed by atoms with Gasteiger partial charge in [0.05, 0.1) is 0 Å². The van der Waals surface area contributed by atoms with E-state index in [9.17, 15) is 5.02 Å². The zero-order valence-electron chi connectivity index (χ0n) is 58.1. The number of hydrogen-bond acceptors (Lipinski definition) is 6. The minimum absolute atomic E-state index is 0.649. The standard InChI is InChI=1S/C50H30O2.C32H20BO3.C18H11BrO/c1-3-20-41-39(18-1)48(34-14-9-12-31(28-34)32-26-27-47-44(30-32)38-17-6-7-24-45(38)51-47)40-19-2-4-21-42(40)49(41)35-15-10-13-33(29-35)36-22-11-23-43-37-16-5-8-25-46(37)52-50(36)43;34-33-36-32-27-14-3-1-12-24(27)30(25-13-2-4-15-28(25)32)21-10-7-9-20(19-21)22-16-8-17-26-23-11-5-6-18-29(23)35-31(22)26;19-14-5-3-4-12(10-14)13-8-9-18-16(11-13)15-6-1-2-7-17(15)20-18/h1-30H;1-19,34H;1-11H. The van der Waals surface area contributed by atoms with Crippen LogP contribution in [0.5, 0.6) is 5.75 Å². The Morgan fingerprint density at radius 1 is 0.213 bits per heavy atom. The summed E-state index contributed by atoms with van der Waals surface area (Å²) in [6.07, 6.45) is 0. The van der Waals surface area contributed by atoms with Crippen LogP contribution in [0.3, 0.4) is 0 Å². The van der Waals surface area contributed by atoms with Crippen molar-refractivity contribution in [1.29, 1.82) is 0 Å². The topological polar surface area (TPSA) is 82.0 Å². The Morgan fingerprint density at radius 2 is 0.491 bits per heavy atom. The van der Waals surface area contributed by atoms with Gasteiger partial charge in [0.25, 0.3) is 0 Å².